The second kappa shape index (κ2) is 4.17. The third-order valence-electron chi connectivity index (χ3n) is 2.79. The quantitative estimate of drug-likeness (QED) is 0.790. The van der Waals surface area contributed by atoms with Gasteiger partial charge in [0, 0.05) is 6.04 Å². The smallest absolute Gasteiger partial charge is 0.184 e. The summed E-state index contributed by atoms with van der Waals surface area (Å²) in [5.41, 5.74) is 5.63. The van der Waals surface area contributed by atoms with E-state index in [0.717, 1.165) is 16.1 Å². The third-order valence-corrected chi connectivity index (χ3v) is 3.55. The molecule has 0 radical (unpaired) electrons. The van der Waals surface area contributed by atoms with E-state index in [2.05, 4.69) is 17.2 Å². The lowest BCUT2D eigenvalue weighted by atomic mass is 9.87. The summed E-state index contributed by atoms with van der Waals surface area (Å²) in [6, 6.07) is 0.601. The van der Waals surface area contributed by atoms with E-state index in [9.17, 15) is 0 Å². The summed E-state index contributed by atoms with van der Waals surface area (Å²) in [7, 11) is 0. The molecule has 1 fully saturated rings. The summed E-state index contributed by atoms with van der Waals surface area (Å²) < 4.78 is 0. The van der Waals surface area contributed by atoms with Gasteiger partial charge in [-0.05, 0) is 18.8 Å². The van der Waals surface area contributed by atoms with Crippen LogP contribution in [0.5, 0.6) is 0 Å². The van der Waals surface area contributed by atoms with Crippen LogP contribution < -0.4 is 11.1 Å². The highest BCUT2D eigenvalue weighted by atomic mass is 32.1. The fourth-order valence-electron chi connectivity index (χ4n) is 2.09. The highest BCUT2D eigenvalue weighted by Crippen LogP contribution is 2.28. The molecule has 1 aromatic rings. The summed E-state index contributed by atoms with van der Waals surface area (Å²) in [4.78, 5) is 4.22. The van der Waals surface area contributed by atoms with Crippen LogP contribution in [0, 0.1) is 5.92 Å². The molecule has 1 aliphatic rings. The number of aromatic nitrogens is 1. The molecule has 0 saturated heterocycles. The molecule has 0 spiro atoms. The molecular weight excluding hydrogens is 194 g/mol. The number of nitrogens with zero attached hydrogens (tertiary/aromatic N) is 1. The summed E-state index contributed by atoms with van der Waals surface area (Å²) in [5, 5.41) is 5.22. The van der Waals surface area contributed by atoms with Gasteiger partial charge in [-0.15, -0.1) is 0 Å². The van der Waals surface area contributed by atoms with Crippen LogP contribution in [0.25, 0.3) is 0 Å². The van der Waals surface area contributed by atoms with Gasteiger partial charge in [-0.25, -0.2) is 4.98 Å². The Balaban J connectivity index is 1.90. The van der Waals surface area contributed by atoms with Crippen LogP contribution >= 0.6 is 11.3 Å². The van der Waals surface area contributed by atoms with E-state index in [0.29, 0.717) is 6.04 Å². The molecule has 78 valence electrons. The van der Waals surface area contributed by atoms with Gasteiger partial charge in [0.15, 0.2) is 5.13 Å². The zero-order valence-electron chi connectivity index (χ0n) is 8.49. The number of hydrogen-bond donors (Lipinski definition) is 2. The van der Waals surface area contributed by atoms with Crippen LogP contribution in [-0.2, 0) is 0 Å². The molecule has 14 heavy (non-hydrogen) atoms. The minimum Gasteiger partial charge on any atom is -0.389 e. The van der Waals surface area contributed by atoms with Gasteiger partial charge in [0.05, 0.1) is 6.20 Å². The van der Waals surface area contributed by atoms with Gasteiger partial charge in [-0.2, -0.15) is 0 Å². The van der Waals surface area contributed by atoms with Gasteiger partial charge in [-0.1, -0.05) is 31.1 Å². The monoisotopic (exact) mass is 211 g/mol. The van der Waals surface area contributed by atoms with Crippen LogP contribution in [0.4, 0.5) is 10.1 Å². The molecule has 3 nitrogen and oxygen atoms in total. The maximum Gasteiger partial charge on any atom is 0.184 e. The van der Waals surface area contributed by atoms with Crippen molar-refractivity contribution in [2.75, 3.05) is 11.1 Å². The zero-order valence-corrected chi connectivity index (χ0v) is 9.31. The van der Waals surface area contributed by atoms with Crippen molar-refractivity contribution >= 4 is 21.5 Å². The average Bonchev–Trinajstić information content (AvgIpc) is 2.51. The van der Waals surface area contributed by atoms with Crippen LogP contribution in [-0.4, -0.2) is 11.0 Å². The lowest BCUT2D eigenvalue weighted by Crippen LogP contribution is -2.25. The number of rotatable bonds is 2. The van der Waals surface area contributed by atoms with E-state index < -0.39 is 0 Å². The van der Waals surface area contributed by atoms with E-state index in [1.54, 1.807) is 6.20 Å². The Hall–Kier alpha value is -0.770. The van der Waals surface area contributed by atoms with Gasteiger partial charge in [0.25, 0.3) is 0 Å². The Bertz CT molecular complexity index is 297. The van der Waals surface area contributed by atoms with Crippen molar-refractivity contribution in [2.45, 2.75) is 38.6 Å². The van der Waals surface area contributed by atoms with Crippen molar-refractivity contribution < 1.29 is 0 Å². The first-order valence-corrected chi connectivity index (χ1v) is 6.03. The molecule has 1 saturated carbocycles. The summed E-state index contributed by atoms with van der Waals surface area (Å²) in [5.74, 6) is 0.846. The molecule has 1 heterocycles. The van der Waals surface area contributed by atoms with Gasteiger partial charge >= 0.3 is 0 Å². The normalized spacial score (nSPS) is 27.5. The SMILES string of the molecule is CC1CCCC(Nc2ncc(N)s2)C1. The molecule has 2 rings (SSSR count). The molecule has 0 aromatic carbocycles. The van der Waals surface area contributed by atoms with Gasteiger partial charge < -0.3 is 11.1 Å². The van der Waals surface area contributed by atoms with Gasteiger partial charge in [-0.3, -0.25) is 0 Å². The first kappa shape index (κ1) is 9.77. The first-order valence-electron chi connectivity index (χ1n) is 5.22. The standard InChI is InChI=1S/C10H17N3S/c1-7-3-2-4-8(5-7)13-10-12-6-9(11)14-10/h6-8H,2-5,11H2,1H3,(H,12,13). The number of nitrogens with one attached hydrogen (secondary N) is 1. The molecule has 1 aromatic heterocycles. The number of anilines is 2. The van der Waals surface area contributed by atoms with Crippen LogP contribution in [0.2, 0.25) is 0 Å². The van der Waals surface area contributed by atoms with E-state index >= 15 is 0 Å². The number of nitrogens with two attached hydrogens (primary N) is 1. The van der Waals surface area contributed by atoms with Gasteiger partial charge in [0.1, 0.15) is 5.00 Å². The fourth-order valence-corrected chi connectivity index (χ4v) is 2.75. The third kappa shape index (κ3) is 2.38. The average molecular weight is 211 g/mol. The van der Waals surface area contributed by atoms with Crippen LogP contribution in [0.15, 0.2) is 6.20 Å². The summed E-state index contributed by atoms with van der Waals surface area (Å²) in [6.45, 7) is 2.32. The largest absolute Gasteiger partial charge is 0.389 e. The maximum absolute atomic E-state index is 5.63. The topological polar surface area (TPSA) is 50.9 Å². The number of nitrogen functional groups attached to an aromatic ring is 1. The van der Waals surface area contributed by atoms with Crippen molar-refractivity contribution in [1.29, 1.82) is 0 Å². The van der Waals surface area contributed by atoms with E-state index in [1.165, 1.54) is 37.0 Å². The van der Waals surface area contributed by atoms with Crippen molar-refractivity contribution in [1.82, 2.24) is 4.98 Å². The fraction of sp³-hybridized carbons (Fsp3) is 0.700. The number of hydrogen-bond acceptors (Lipinski definition) is 4. The highest BCUT2D eigenvalue weighted by molar-refractivity contribution is 7.19. The lowest BCUT2D eigenvalue weighted by Gasteiger charge is -2.27. The molecule has 0 bridgehead atoms. The van der Waals surface area contributed by atoms with Crippen LogP contribution in [0.1, 0.15) is 32.6 Å². The Morgan fingerprint density at radius 3 is 3.07 bits per heavy atom. The summed E-state index contributed by atoms with van der Waals surface area (Å²) in [6.07, 6.45) is 6.96. The molecule has 1 aliphatic carbocycles. The van der Waals surface area contributed by atoms with Crippen LogP contribution in [0.3, 0.4) is 0 Å². The second-order valence-corrected chi connectivity index (χ2v) is 5.24. The minimum absolute atomic E-state index is 0.601. The van der Waals surface area contributed by atoms with Gasteiger partial charge in [0.2, 0.25) is 0 Å². The Labute approximate surface area is 88.7 Å². The molecule has 0 aliphatic heterocycles. The zero-order chi connectivity index (χ0) is 9.97. The van der Waals surface area contributed by atoms with Crippen molar-refractivity contribution in [3.8, 4) is 0 Å². The van der Waals surface area contributed by atoms with Crippen molar-refractivity contribution in [3.05, 3.63) is 6.20 Å². The van der Waals surface area contributed by atoms with E-state index in [-0.39, 0.29) is 0 Å². The molecular formula is C10H17N3S. The minimum atomic E-state index is 0.601. The van der Waals surface area contributed by atoms with E-state index in [1.807, 2.05) is 0 Å². The molecule has 2 unspecified atom stereocenters. The Morgan fingerprint density at radius 1 is 1.57 bits per heavy atom. The molecule has 0 amide bonds. The lowest BCUT2D eigenvalue weighted by molar-refractivity contribution is 0.358. The van der Waals surface area contributed by atoms with Crippen molar-refractivity contribution in [3.63, 3.8) is 0 Å². The van der Waals surface area contributed by atoms with E-state index in [4.69, 9.17) is 5.73 Å². The predicted octanol–water partition coefficient (Wildman–Crippen LogP) is 2.72. The Kier molecular flexibility index (Phi) is 2.91. The molecule has 3 N–H and O–H groups in total. The predicted molar refractivity (Wildman–Crippen MR) is 61.6 cm³/mol. The highest BCUT2D eigenvalue weighted by Gasteiger charge is 2.19. The first-order chi connectivity index (χ1) is 6.74. The summed E-state index contributed by atoms with van der Waals surface area (Å²) >= 11 is 1.54. The molecule has 4 heteroatoms. The maximum atomic E-state index is 5.63. The van der Waals surface area contributed by atoms with Crippen molar-refractivity contribution in [2.24, 2.45) is 5.92 Å². The Morgan fingerprint density at radius 2 is 2.43 bits per heavy atom. The number of thiazole rings is 1. The second-order valence-electron chi connectivity index (χ2n) is 4.18. The molecule has 2 atom stereocenters.